The molecule has 0 heterocycles. The number of hydrogen-bond acceptors (Lipinski definition) is 3. The largest absolute Gasteiger partial charge is 0.383 e. The number of methoxy groups -OCH3 is 1. The van der Waals surface area contributed by atoms with Crippen molar-refractivity contribution in [3.8, 4) is 6.07 Å². The Kier molecular flexibility index (Phi) is 3.46. The molecule has 0 spiro atoms. The van der Waals surface area contributed by atoms with E-state index in [0.29, 0.717) is 13.2 Å². The molecule has 0 radical (unpaired) electrons. The molecule has 1 aromatic carbocycles. The molecule has 90 valence electrons. The zero-order valence-corrected chi connectivity index (χ0v) is 10.4. The van der Waals surface area contributed by atoms with Crippen LogP contribution in [0.3, 0.4) is 0 Å². The van der Waals surface area contributed by atoms with Gasteiger partial charge in [0.05, 0.1) is 12.7 Å². The van der Waals surface area contributed by atoms with Crippen LogP contribution in [0.4, 0.5) is 0 Å². The summed E-state index contributed by atoms with van der Waals surface area (Å²) in [7, 11) is 1.67. The lowest BCUT2D eigenvalue weighted by molar-refractivity contribution is 0.190. The minimum atomic E-state index is -0.514. The van der Waals surface area contributed by atoms with E-state index in [1.165, 1.54) is 11.1 Å². The summed E-state index contributed by atoms with van der Waals surface area (Å²) in [4.78, 5) is 0. The van der Waals surface area contributed by atoms with Gasteiger partial charge in [0.15, 0.2) is 0 Å². The number of nitriles is 1. The highest BCUT2D eigenvalue weighted by atomic mass is 16.5. The first kappa shape index (κ1) is 12.1. The van der Waals surface area contributed by atoms with Gasteiger partial charge in [0.2, 0.25) is 0 Å². The summed E-state index contributed by atoms with van der Waals surface area (Å²) in [6.07, 6.45) is 1.83. The summed E-state index contributed by atoms with van der Waals surface area (Å²) < 4.78 is 5.03. The zero-order chi connectivity index (χ0) is 12.3. The Labute approximate surface area is 102 Å². The van der Waals surface area contributed by atoms with Gasteiger partial charge in [-0.05, 0) is 30.9 Å². The van der Waals surface area contributed by atoms with E-state index in [1.54, 1.807) is 7.11 Å². The van der Waals surface area contributed by atoms with Gasteiger partial charge in [0.1, 0.15) is 5.54 Å². The van der Waals surface area contributed by atoms with E-state index in [9.17, 15) is 5.26 Å². The molecular weight excluding hydrogens is 212 g/mol. The summed E-state index contributed by atoms with van der Waals surface area (Å²) in [5.41, 5.74) is 3.14. The fourth-order valence-electron chi connectivity index (χ4n) is 2.47. The lowest BCUT2D eigenvalue weighted by Crippen LogP contribution is -2.40. The lowest BCUT2D eigenvalue weighted by Gasteiger charge is -2.24. The predicted octanol–water partition coefficient (Wildman–Crippen LogP) is 1.90. The smallest absolute Gasteiger partial charge is 0.132 e. The van der Waals surface area contributed by atoms with Crippen molar-refractivity contribution < 1.29 is 4.74 Å². The summed E-state index contributed by atoms with van der Waals surface area (Å²) in [6.45, 7) is 3.40. The Hall–Kier alpha value is -1.37. The fraction of sp³-hybridized carbons (Fsp3) is 0.500. The van der Waals surface area contributed by atoms with Gasteiger partial charge >= 0.3 is 0 Å². The average Bonchev–Trinajstić information content (AvgIpc) is 2.69. The summed E-state index contributed by atoms with van der Waals surface area (Å²) in [6, 6.07) is 8.84. The van der Waals surface area contributed by atoms with Gasteiger partial charge < -0.3 is 4.74 Å². The maximum absolute atomic E-state index is 9.50. The minimum absolute atomic E-state index is 0.514. The van der Waals surface area contributed by atoms with Crippen LogP contribution in [-0.2, 0) is 16.7 Å². The average molecular weight is 230 g/mol. The molecule has 3 nitrogen and oxygen atoms in total. The minimum Gasteiger partial charge on any atom is -0.383 e. The number of nitrogens with one attached hydrogen (secondary N) is 1. The topological polar surface area (TPSA) is 45.0 Å². The fourth-order valence-corrected chi connectivity index (χ4v) is 2.47. The number of hydrogen-bond donors (Lipinski definition) is 1. The molecule has 0 bridgehead atoms. The molecule has 1 aliphatic carbocycles. The van der Waals surface area contributed by atoms with Crippen molar-refractivity contribution in [2.24, 2.45) is 0 Å². The molecule has 1 unspecified atom stereocenters. The van der Waals surface area contributed by atoms with E-state index < -0.39 is 5.54 Å². The van der Waals surface area contributed by atoms with E-state index in [0.717, 1.165) is 18.4 Å². The molecule has 0 fully saturated rings. The number of rotatable bonds is 4. The first-order valence-corrected chi connectivity index (χ1v) is 5.97. The molecule has 1 aliphatic rings. The molecule has 2 rings (SSSR count). The number of benzene rings is 1. The first-order chi connectivity index (χ1) is 8.22. The maximum Gasteiger partial charge on any atom is 0.132 e. The molecule has 0 saturated carbocycles. The van der Waals surface area contributed by atoms with Gasteiger partial charge in [-0.15, -0.1) is 0 Å². The van der Waals surface area contributed by atoms with E-state index >= 15 is 0 Å². The Morgan fingerprint density at radius 2 is 2.35 bits per heavy atom. The normalized spacial score (nSPS) is 22.2. The Bertz CT molecular complexity index is 450. The third-order valence-electron chi connectivity index (χ3n) is 3.42. The van der Waals surface area contributed by atoms with Crippen molar-refractivity contribution in [1.82, 2.24) is 5.32 Å². The Balaban J connectivity index is 2.27. The lowest BCUT2D eigenvalue weighted by atomic mass is 9.92. The SMILES string of the molecule is COCCNC1(C#N)CCc2ccc(C)cc21. The van der Waals surface area contributed by atoms with Gasteiger partial charge in [-0.25, -0.2) is 0 Å². The molecular formula is C14H18N2O. The van der Waals surface area contributed by atoms with Gasteiger partial charge in [0, 0.05) is 13.7 Å². The van der Waals surface area contributed by atoms with Crippen molar-refractivity contribution in [2.45, 2.75) is 25.3 Å². The van der Waals surface area contributed by atoms with Crippen LogP contribution < -0.4 is 5.32 Å². The van der Waals surface area contributed by atoms with Crippen LogP contribution in [0.15, 0.2) is 18.2 Å². The molecule has 0 aliphatic heterocycles. The molecule has 1 N–H and O–H groups in total. The van der Waals surface area contributed by atoms with Crippen LogP contribution in [0.5, 0.6) is 0 Å². The van der Waals surface area contributed by atoms with Crippen molar-refractivity contribution in [3.05, 3.63) is 34.9 Å². The molecule has 0 saturated heterocycles. The number of fused-ring (bicyclic) bond motifs is 1. The maximum atomic E-state index is 9.50. The number of aryl methyl sites for hydroxylation is 2. The molecule has 1 aromatic rings. The number of ether oxygens (including phenoxy) is 1. The zero-order valence-electron chi connectivity index (χ0n) is 10.4. The van der Waals surface area contributed by atoms with E-state index in [-0.39, 0.29) is 0 Å². The van der Waals surface area contributed by atoms with Gasteiger partial charge in [-0.2, -0.15) is 5.26 Å². The van der Waals surface area contributed by atoms with Gasteiger partial charge in [0.25, 0.3) is 0 Å². The van der Waals surface area contributed by atoms with Crippen molar-refractivity contribution in [3.63, 3.8) is 0 Å². The highest BCUT2D eigenvalue weighted by molar-refractivity contribution is 5.45. The summed E-state index contributed by atoms with van der Waals surface area (Å²) in [5.74, 6) is 0. The third kappa shape index (κ3) is 2.19. The first-order valence-electron chi connectivity index (χ1n) is 5.97. The van der Waals surface area contributed by atoms with E-state index in [2.05, 4.69) is 36.5 Å². The van der Waals surface area contributed by atoms with Crippen molar-refractivity contribution in [2.75, 3.05) is 20.3 Å². The van der Waals surface area contributed by atoms with Crippen LogP contribution in [0.25, 0.3) is 0 Å². The van der Waals surface area contributed by atoms with Crippen LogP contribution in [-0.4, -0.2) is 20.3 Å². The van der Waals surface area contributed by atoms with Gasteiger partial charge in [-0.1, -0.05) is 23.8 Å². The Morgan fingerprint density at radius 1 is 1.53 bits per heavy atom. The van der Waals surface area contributed by atoms with Crippen LogP contribution in [0, 0.1) is 18.3 Å². The van der Waals surface area contributed by atoms with Crippen molar-refractivity contribution in [1.29, 1.82) is 5.26 Å². The molecule has 1 atom stereocenters. The van der Waals surface area contributed by atoms with Crippen molar-refractivity contribution >= 4 is 0 Å². The third-order valence-corrected chi connectivity index (χ3v) is 3.42. The van der Waals surface area contributed by atoms with E-state index in [4.69, 9.17) is 4.74 Å². The summed E-state index contributed by atoms with van der Waals surface area (Å²) >= 11 is 0. The molecule has 3 heteroatoms. The van der Waals surface area contributed by atoms with Gasteiger partial charge in [-0.3, -0.25) is 5.32 Å². The standard InChI is InChI=1S/C14H18N2O/c1-11-3-4-12-5-6-14(10-15,13(12)9-11)16-7-8-17-2/h3-4,9,16H,5-8H2,1-2H3. The van der Waals surface area contributed by atoms with Crippen LogP contribution >= 0.6 is 0 Å². The quantitative estimate of drug-likeness (QED) is 0.803. The van der Waals surface area contributed by atoms with E-state index in [1.807, 2.05) is 0 Å². The summed E-state index contributed by atoms with van der Waals surface area (Å²) in [5, 5.41) is 12.8. The highest BCUT2D eigenvalue weighted by Crippen LogP contribution is 2.36. The second-order valence-corrected chi connectivity index (χ2v) is 4.60. The van der Waals surface area contributed by atoms with Crippen LogP contribution in [0.1, 0.15) is 23.1 Å². The second kappa shape index (κ2) is 4.87. The Morgan fingerprint density at radius 3 is 3.06 bits per heavy atom. The van der Waals surface area contributed by atoms with Crippen LogP contribution in [0.2, 0.25) is 0 Å². The number of nitrogens with zero attached hydrogens (tertiary/aromatic N) is 1. The molecule has 0 aromatic heterocycles. The molecule has 0 amide bonds. The monoisotopic (exact) mass is 230 g/mol. The predicted molar refractivity (Wildman–Crippen MR) is 66.7 cm³/mol. The highest BCUT2D eigenvalue weighted by Gasteiger charge is 2.38. The second-order valence-electron chi connectivity index (χ2n) is 4.60. The molecule has 17 heavy (non-hydrogen) atoms.